The Morgan fingerprint density at radius 1 is 1.13 bits per heavy atom. The second-order valence-electron chi connectivity index (χ2n) is 9.12. The quantitative estimate of drug-likeness (QED) is 0.415. The molecule has 0 saturated carbocycles. The molecule has 1 aromatic carbocycles. The fourth-order valence-corrected chi connectivity index (χ4v) is 4.70. The molecule has 0 bridgehead atoms. The molecule has 0 atom stereocenters. The van der Waals surface area contributed by atoms with Crippen molar-refractivity contribution in [2.45, 2.75) is 39.2 Å². The van der Waals surface area contributed by atoms with E-state index in [1.54, 1.807) is 22.6 Å². The van der Waals surface area contributed by atoms with Gasteiger partial charge in [-0.1, -0.05) is 6.92 Å². The third kappa shape index (κ3) is 5.47. The summed E-state index contributed by atoms with van der Waals surface area (Å²) in [6, 6.07) is 6.87. The van der Waals surface area contributed by atoms with E-state index < -0.39 is 18.3 Å². The molecule has 10 nitrogen and oxygen atoms in total. The van der Waals surface area contributed by atoms with Gasteiger partial charge in [0.15, 0.2) is 11.4 Å². The summed E-state index contributed by atoms with van der Waals surface area (Å²) in [4.78, 5) is 44.3. The number of aromatic nitrogens is 2. The van der Waals surface area contributed by atoms with Crippen molar-refractivity contribution in [1.29, 1.82) is 0 Å². The molecule has 0 unspecified atom stereocenters. The minimum absolute atomic E-state index is 0.137. The monoisotopic (exact) mass is 525 g/mol. The molecule has 3 heterocycles. The molecule has 3 N–H and O–H groups in total. The number of benzene rings is 1. The van der Waals surface area contributed by atoms with Gasteiger partial charge in [-0.2, -0.15) is 0 Å². The predicted molar refractivity (Wildman–Crippen MR) is 140 cm³/mol. The van der Waals surface area contributed by atoms with E-state index in [0.717, 1.165) is 0 Å². The van der Waals surface area contributed by atoms with Gasteiger partial charge < -0.3 is 29.9 Å². The van der Waals surface area contributed by atoms with Gasteiger partial charge in [-0.3, -0.25) is 14.4 Å². The summed E-state index contributed by atoms with van der Waals surface area (Å²) in [5.74, 6) is -1.11. The van der Waals surface area contributed by atoms with Crippen LogP contribution < -0.4 is 15.4 Å². The van der Waals surface area contributed by atoms with Crippen LogP contribution in [-0.4, -0.2) is 69.6 Å². The fourth-order valence-electron chi connectivity index (χ4n) is 4.70. The number of hydrogen-bond donors (Lipinski definition) is 3. The number of nitrogens with one attached hydrogen (secondary N) is 2. The highest BCUT2D eigenvalue weighted by molar-refractivity contribution is 6.07. The number of amides is 3. The first-order valence-electron chi connectivity index (χ1n) is 12.7. The van der Waals surface area contributed by atoms with Crippen molar-refractivity contribution in [2.24, 2.45) is 7.05 Å². The van der Waals surface area contributed by atoms with Crippen molar-refractivity contribution in [3.63, 3.8) is 0 Å². The second-order valence-corrected chi connectivity index (χ2v) is 9.12. The lowest BCUT2D eigenvalue weighted by Crippen LogP contribution is -2.47. The molecule has 3 amide bonds. The van der Waals surface area contributed by atoms with Gasteiger partial charge in [0.1, 0.15) is 18.1 Å². The number of aliphatic hydroxyl groups is 1. The maximum atomic E-state index is 13.4. The normalized spacial score (nSPS) is 14.0. The number of aliphatic hydroxyl groups excluding tert-OH is 1. The average Bonchev–Trinajstić information content (AvgIpc) is 3.18. The predicted octanol–water partition coefficient (Wildman–Crippen LogP) is 2.64. The van der Waals surface area contributed by atoms with Gasteiger partial charge >= 0.3 is 0 Å². The third-order valence-electron chi connectivity index (χ3n) is 6.71. The minimum Gasteiger partial charge on any atom is -0.491 e. The molecule has 0 aliphatic carbocycles. The van der Waals surface area contributed by atoms with Crippen LogP contribution >= 0.6 is 0 Å². The standard InChI is InChI=1S/C27H32FN5O5/c1-4-20-21(31-26(36)16-6-8-17(28)9-7-16)14-19-24(38-5-2)23(32(3)25(19)30-20)27(37)29-18-10-12-33(13-11-18)22(35)15-34/h6-9,14,18,34H,4-5,10-13,15H2,1-3H3,(H,29,37)(H,31,36). The van der Waals surface area contributed by atoms with Gasteiger partial charge in [-0.15, -0.1) is 0 Å². The first kappa shape index (κ1) is 27.1. The number of aryl methyl sites for hydroxylation is 2. The van der Waals surface area contributed by atoms with Crippen molar-refractivity contribution in [2.75, 3.05) is 31.6 Å². The number of nitrogens with zero attached hydrogens (tertiary/aromatic N) is 3. The van der Waals surface area contributed by atoms with E-state index in [9.17, 15) is 18.8 Å². The Labute approximate surface area is 219 Å². The van der Waals surface area contributed by atoms with E-state index in [-0.39, 0.29) is 17.9 Å². The molecule has 11 heteroatoms. The molecule has 0 radical (unpaired) electrons. The van der Waals surface area contributed by atoms with Gasteiger partial charge in [0.2, 0.25) is 5.91 Å². The van der Waals surface area contributed by atoms with Crippen LogP contribution in [0.2, 0.25) is 0 Å². The van der Waals surface area contributed by atoms with Gasteiger partial charge in [0.05, 0.1) is 23.4 Å². The van der Waals surface area contributed by atoms with Crippen LogP contribution in [0.5, 0.6) is 5.75 Å². The van der Waals surface area contributed by atoms with E-state index in [4.69, 9.17) is 14.8 Å². The highest BCUT2D eigenvalue weighted by Gasteiger charge is 2.29. The number of fused-ring (bicyclic) bond motifs is 1. The molecule has 1 aliphatic heterocycles. The number of hydrogen-bond acceptors (Lipinski definition) is 6. The summed E-state index contributed by atoms with van der Waals surface area (Å²) in [6.45, 7) is 4.43. The number of anilines is 1. The van der Waals surface area contributed by atoms with E-state index in [1.165, 1.54) is 24.3 Å². The van der Waals surface area contributed by atoms with Gasteiger partial charge in [0, 0.05) is 31.7 Å². The molecule has 2 aromatic heterocycles. The topological polar surface area (TPSA) is 126 Å². The van der Waals surface area contributed by atoms with E-state index in [1.807, 2.05) is 13.8 Å². The van der Waals surface area contributed by atoms with E-state index in [0.29, 0.717) is 78.4 Å². The summed E-state index contributed by atoms with van der Waals surface area (Å²) in [7, 11) is 1.74. The molecule has 4 rings (SSSR count). The lowest BCUT2D eigenvalue weighted by molar-refractivity contribution is -0.135. The highest BCUT2D eigenvalue weighted by atomic mass is 19.1. The van der Waals surface area contributed by atoms with Crippen molar-refractivity contribution in [1.82, 2.24) is 19.8 Å². The number of rotatable bonds is 8. The molecule has 1 aliphatic rings. The van der Waals surface area contributed by atoms with Crippen LogP contribution in [0.3, 0.4) is 0 Å². The number of carbonyl (C=O) groups is 3. The number of pyridine rings is 1. The molecule has 1 saturated heterocycles. The lowest BCUT2D eigenvalue weighted by Gasteiger charge is -2.32. The number of piperidine rings is 1. The smallest absolute Gasteiger partial charge is 0.272 e. The van der Waals surface area contributed by atoms with Crippen LogP contribution in [0.4, 0.5) is 10.1 Å². The molecule has 0 spiro atoms. The second kappa shape index (κ2) is 11.6. The zero-order chi connectivity index (χ0) is 27.4. The first-order chi connectivity index (χ1) is 18.3. The molecule has 1 fully saturated rings. The molecular weight excluding hydrogens is 493 g/mol. The fraction of sp³-hybridized carbons (Fsp3) is 0.407. The zero-order valence-electron chi connectivity index (χ0n) is 21.7. The number of halogens is 1. The lowest BCUT2D eigenvalue weighted by atomic mass is 10.0. The van der Waals surface area contributed by atoms with Gasteiger partial charge in [-0.25, -0.2) is 9.37 Å². The first-order valence-corrected chi connectivity index (χ1v) is 12.7. The number of carbonyl (C=O) groups excluding carboxylic acids is 3. The summed E-state index contributed by atoms with van der Waals surface area (Å²) < 4.78 is 20.9. The number of ether oxygens (including phenoxy) is 1. The highest BCUT2D eigenvalue weighted by Crippen LogP contribution is 2.35. The zero-order valence-corrected chi connectivity index (χ0v) is 21.7. The summed E-state index contributed by atoms with van der Waals surface area (Å²) in [5, 5.41) is 15.6. The van der Waals surface area contributed by atoms with Crippen LogP contribution in [-0.2, 0) is 18.3 Å². The van der Waals surface area contributed by atoms with Crippen molar-refractivity contribution in [3.05, 3.63) is 53.1 Å². The van der Waals surface area contributed by atoms with Crippen LogP contribution in [0.1, 0.15) is 53.2 Å². The Bertz CT molecular complexity index is 1350. The molecular formula is C27H32FN5O5. The Morgan fingerprint density at radius 2 is 1.82 bits per heavy atom. The minimum atomic E-state index is -0.524. The third-order valence-corrected chi connectivity index (χ3v) is 6.71. The van der Waals surface area contributed by atoms with Gasteiger partial charge in [0.25, 0.3) is 11.8 Å². The molecule has 38 heavy (non-hydrogen) atoms. The van der Waals surface area contributed by atoms with E-state index >= 15 is 0 Å². The Hall–Kier alpha value is -3.99. The summed E-state index contributed by atoms with van der Waals surface area (Å²) >= 11 is 0. The SMILES string of the molecule is CCOc1c(C(=O)NC2CCN(C(=O)CO)CC2)n(C)c2nc(CC)c(NC(=O)c3ccc(F)cc3)cc12. The average molecular weight is 526 g/mol. The van der Waals surface area contributed by atoms with E-state index in [2.05, 4.69) is 10.6 Å². The van der Waals surface area contributed by atoms with Crippen molar-refractivity contribution < 1.29 is 28.6 Å². The largest absolute Gasteiger partial charge is 0.491 e. The Balaban J connectivity index is 1.63. The van der Waals surface area contributed by atoms with Crippen molar-refractivity contribution in [3.8, 4) is 5.75 Å². The molecule has 202 valence electrons. The van der Waals surface area contributed by atoms with Crippen molar-refractivity contribution >= 4 is 34.4 Å². The molecule has 3 aromatic rings. The maximum Gasteiger partial charge on any atom is 0.272 e. The summed E-state index contributed by atoms with van der Waals surface area (Å²) in [5.41, 5.74) is 2.27. The Morgan fingerprint density at radius 3 is 2.42 bits per heavy atom. The van der Waals surface area contributed by atoms with Crippen LogP contribution in [0.25, 0.3) is 11.0 Å². The number of likely N-dealkylation sites (tertiary alicyclic amines) is 1. The summed E-state index contributed by atoms with van der Waals surface area (Å²) in [6.07, 6.45) is 1.67. The Kier molecular flexibility index (Phi) is 8.26. The maximum absolute atomic E-state index is 13.4. The van der Waals surface area contributed by atoms with Crippen LogP contribution in [0, 0.1) is 5.82 Å². The van der Waals surface area contributed by atoms with Crippen LogP contribution in [0.15, 0.2) is 30.3 Å². The van der Waals surface area contributed by atoms with Gasteiger partial charge in [-0.05, 0) is 56.5 Å².